The molecule has 0 unspecified atom stereocenters. The zero-order valence-electron chi connectivity index (χ0n) is 12.0. The molecular weight excluding hydrogens is 246 g/mol. The molecule has 2 heterocycles. The van der Waals surface area contributed by atoms with E-state index in [9.17, 15) is 0 Å². The van der Waals surface area contributed by atoms with E-state index in [-0.39, 0.29) is 0 Å². The Kier molecular flexibility index (Phi) is 4.03. The predicted molar refractivity (Wildman–Crippen MR) is 84.1 cm³/mol. The fourth-order valence-electron chi connectivity index (χ4n) is 2.67. The van der Waals surface area contributed by atoms with Crippen LogP contribution in [0.3, 0.4) is 0 Å². The standard InChI is InChI=1S/C18H21NO/c1-2-3-6-13-20-14-17-12-11-16-10-9-15-7-4-5-8-18(15)19(16)17/h4-5,7-12H,2-3,6,13-14H2,1H3. The molecule has 3 aromatic rings. The van der Waals surface area contributed by atoms with Crippen LogP contribution in [0.5, 0.6) is 0 Å². The second-order valence-electron chi connectivity index (χ2n) is 5.24. The number of rotatable bonds is 6. The van der Waals surface area contributed by atoms with Gasteiger partial charge in [-0.1, -0.05) is 44.0 Å². The third-order valence-electron chi connectivity index (χ3n) is 3.75. The highest BCUT2D eigenvalue weighted by molar-refractivity contribution is 5.83. The molecule has 0 aliphatic carbocycles. The van der Waals surface area contributed by atoms with E-state index in [0.29, 0.717) is 6.61 Å². The Hall–Kier alpha value is -1.80. The normalized spacial score (nSPS) is 11.4. The molecular formula is C18H21NO. The van der Waals surface area contributed by atoms with Crippen molar-refractivity contribution >= 4 is 16.4 Å². The molecule has 0 spiro atoms. The first-order valence-corrected chi connectivity index (χ1v) is 7.46. The molecule has 0 bridgehead atoms. The van der Waals surface area contributed by atoms with E-state index in [1.807, 2.05) is 0 Å². The second kappa shape index (κ2) is 6.10. The molecule has 3 rings (SSSR count). The van der Waals surface area contributed by atoms with Gasteiger partial charge in [0.15, 0.2) is 0 Å². The Morgan fingerprint density at radius 2 is 1.80 bits per heavy atom. The summed E-state index contributed by atoms with van der Waals surface area (Å²) in [5, 5.41) is 1.27. The van der Waals surface area contributed by atoms with Gasteiger partial charge in [0.25, 0.3) is 0 Å². The van der Waals surface area contributed by atoms with E-state index < -0.39 is 0 Å². The molecule has 2 heteroatoms. The van der Waals surface area contributed by atoms with Gasteiger partial charge in [0, 0.05) is 17.8 Å². The van der Waals surface area contributed by atoms with E-state index in [0.717, 1.165) is 13.0 Å². The maximum absolute atomic E-state index is 5.82. The van der Waals surface area contributed by atoms with Gasteiger partial charge < -0.3 is 9.14 Å². The summed E-state index contributed by atoms with van der Waals surface area (Å²) in [6.45, 7) is 3.75. The first kappa shape index (κ1) is 13.2. The second-order valence-corrected chi connectivity index (χ2v) is 5.24. The molecule has 0 fully saturated rings. The van der Waals surface area contributed by atoms with Crippen molar-refractivity contribution in [2.75, 3.05) is 6.61 Å². The van der Waals surface area contributed by atoms with Gasteiger partial charge in [-0.25, -0.2) is 0 Å². The van der Waals surface area contributed by atoms with Crippen molar-refractivity contribution in [2.24, 2.45) is 0 Å². The highest BCUT2D eigenvalue weighted by atomic mass is 16.5. The third-order valence-corrected chi connectivity index (χ3v) is 3.75. The molecule has 0 N–H and O–H groups in total. The number of para-hydroxylation sites is 1. The summed E-state index contributed by atoms with van der Waals surface area (Å²) in [7, 11) is 0. The molecule has 0 atom stereocenters. The molecule has 20 heavy (non-hydrogen) atoms. The minimum atomic E-state index is 0.686. The lowest BCUT2D eigenvalue weighted by Gasteiger charge is -2.08. The zero-order valence-corrected chi connectivity index (χ0v) is 12.0. The Bertz CT molecular complexity index is 699. The lowest BCUT2D eigenvalue weighted by atomic mass is 10.2. The topological polar surface area (TPSA) is 13.6 Å². The van der Waals surface area contributed by atoms with E-state index >= 15 is 0 Å². The smallest absolute Gasteiger partial charge is 0.0871 e. The van der Waals surface area contributed by atoms with Crippen LogP contribution in [0.4, 0.5) is 0 Å². The SMILES string of the molecule is CCCCCOCc1ccc2ccc3ccccc3n12. The minimum Gasteiger partial charge on any atom is -0.375 e. The Balaban J connectivity index is 1.86. The maximum Gasteiger partial charge on any atom is 0.0871 e. The highest BCUT2D eigenvalue weighted by Crippen LogP contribution is 2.20. The van der Waals surface area contributed by atoms with Crippen LogP contribution in [0.1, 0.15) is 31.9 Å². The monoisotopic (exact) mass is 267 g/mol. The quantitative estimate of drug-likeness (QED) is 0.585. The van der Waals surface area contributed by atoms with Crippen molar-refractivity contribution in [3.05, 3.63) is 54.2 Å². The van der Waals surface area contributed by atoms with Gasteiger partial charge in [0.2, 0.25) is 0 Å². The lowest BCUT2D eigenvalue weighted by Crippen LogP contribution is -2.00. The average molecular weight is 267 g/mol. The molecule has 104 valence electrons. The van der Waals surface area contributed by atoms with Crippen LogP contribution in [-0.2, 0) is 11.3 Å². The van der Waals surface area contributed by atoms with Crippen molar-refractivity contribution in [3.8, 4) is 0 Å². The van der Waals surface area contributed by atoms with Crippen molar-refractivity contribution in [3.63, 3.8) is 0 Å². The minimum absolute atomic E-state index is 0.686. The fraction of sp³-hybridized carbons (Fsp3) is 0.333. The van der Waals surface area contributed by atoms with Crippen LogP contribution in [0, 0.1) is 0 Å². The average Bonchev–Trinajstić information content (AvgIpc) is 2.91. The number of aromatic nitrogens is 1. The number of unbranched alkanes of at least 4 members (excludes halogenated alkanes) is 2. The van der Waals surface area contributed by atoms with E-state index in [4.69, 9.17) is 4.74 Å². The first-order chi connectivity index (χ1) is 9.90. The number of hydrogen-bond donors (Lipinski definition) is 0. The van der Waals surface area contributed by atoms with Crippen molar-refractivity contribution in [1.82, 2.24) is 4.40 Å². The van der Waals surface area contributed by atoms with Gasteiger partial charge in [0.05, 0.1) is 12.1 Å². The van der Waals surface area contributed by atoms with Crippen molar-refractivity contribution in [2.45, 2.75) is 32.8 Å². The van der Waals surface area contributed by atoms with E-state index in [2.05, 4.69) is 59.9 Å². The number of hydrogen-bond acceptors (Lipinski definition) is 1. The molecule has 0 radical (unpaired) electrons. The number of benzene rings is 1. The summed E-state index contributed by atoms with van der Waals surface area (Å²) >= 11 is 0. The Morgan fingerprint density at radius 3 is 2.70 bits per heavy atom. The molecule has 0 amide bonds. The van der Waals surface area contributed by atoms with E-state index in [1.54, 1.807) is 0 Å². The summed E-state index contributed by atoms with van der Waals surface area (Å²) < 4.78 is 8.12. The predicted octanol–water partition coefficient (Wildman–Crippen LogP) is 4.80. The van der Waals surface area contributed by atoms with Crippen molar-refractivity contribution in [1.29, 1.82) is 0 Å². The van der Waals surface area contributed by atoms with Gasteiger partial charge in [-0.3, -0.25) is 0 Å². The van der Waals surface area contributed by atoms with Crippen LogP contribution >= 0.6 is 0 Å². The van der Waals surface area contributed by atoms with Gasteiger partial charge in [-0.05, 0) is 36.1 Å². The first-order valence-electron chi connectivity index (χ1n) is 7.46. The summed E-state index contributed by atoms with van der Waals surface area (Å²) in [6.07, 6.45) is 3.64. The van der Waals surface area contributed by atoms with Crippen molar-refractivity contribution < 1.29 is 4.74 Å². The number of nitrogens with zero attached hydrogens (tertiary/aromatic N) is 1. The molecule has 0 saturated carbocycles. The molecule has 0 saturated heterocycles. The molecule has 2 aromatic heterocycles. The number of pyridine rings is 1. The summed E-state index contributed by atoms with van der Waals surface area (Å²) in [5.41, 5.74) is 3.71. The number of fused-ring (bicyclic) bond motifs is 3. The van der Waals surface area contributed by atoms with Crippen LogP contribution in [0.25, 0.3) is 16.4 Å². The van der Waals surface area contributed by atoms with Crippen LogP contribution in [-0.4, -0.2) is 11.0 Å². The largest absolute Gasteiger partial charge is 0.375 e. The van der Waals surface area contributed by atoms with Crippen LogP contribution < -0.4 is 0 Å². The van der Waals surface area contributed by atoms with E-state index in [1.165, 1.54) is 35.0 Å². The summed E-state index contributed by atoms with van der Waals surface area (Å²) in [5.74, 6) is 0. The van der Waals surface area contributed by atoms with Crippen LogP contribution in [0.15, 0.2) is 48.5 Å². The fourth-order valence-corrected chi connectivity index (χ4v) is 2.67. The molecule has 0 aliphatic rings. The molecule has 1 aromatic carbocycles. The van der Waals surface area contributed by atoms with Gasteiger partial charge in [-0.2, -0.15) is 0 Å². The zero-order chi connectivity index (χ0) is 13.8. The van der Waals surface area contributed by atoms with Crippen LogP contribution in [0.2, 0.25) is 0 Å². The maximum atomic E-state index is 5.82. The van der Waals surface area contributed by atoms with Gasteiger partial charge >= 0.3 is 0 Å². The lowest BCUT2D eigenvalue weighted by molar-refractivity contribution is 0.114. The number of ether oxygens (including phenoxy) is 1. The highest BCUT2D eigenvalue weighted by Gasteiger charge is 2.05. The Labute approximate surface area is 120 Å². The molecule has 2 nitrogen and oxygen atoms in total. The summed E-state index contributed by atoms with van der Waals surface area (Å²) in [4.78, 5) is 0. The van der Waals surface area contributed by atoms with Gasteiger partial charge in [0.1, 0.15) is 0 Å². The third kappa shape index (κ3) is 2.56. The molecule has 0 aliphatic heterocycles. The summed E-state index contributed by atoms with van der Waals surface area (Å²) in [6, 6.07) is 17.2. The Morgan fingerprint density at radius 1 is 0.950 bits per heavy atom. The van der Waals surface area contributed by atoms with Gasteiger partial charge in [-0.15, -0.1) is 0 Å².